The van der Waals surface area contributed by atoms with Gasteiger partial charge in [-0.15, -0.1) is 0 Å². The Balaban J connectivity index is 1.95. The molecule has 1 aromatic carbocycles. The normalized spacial score (nSPS) is 19.5. The summed E-state index contributed by atoms with van der Waals surface area (Å²) in [5, 5.41) is 0. The quantitative estimate of drug-likeness (QED) is 0.782. The molecular formula is C17H22F2N2O. The van der Waals surface area contributed by atoms with E-state index in [0.29, 0.717) is 13.1 Å². The number of halogens is 2. The Hall–Kier alpha value is -1.75. The minimum atomic E-state index is -0.829. The lowest BCUT2D eigenvalue weighted by Gasteiger charge is -2.31. The van der Waals surface area contributed by atoms with Gasteiger partial charge in [-0.2, -0.15) is 0 Å². The van der Waals surface area contributed by atoms with Crippen molar-refractivity contribution in [2.45, 2.75) is 19.4 Å². The van der Waals surface area contributed by atoms with Crippen molar-refractivity contribution in [3.63, 3.8) is 0 Å². The first-order chi connectivity index (χ1) is 10.5. The van der Waals surface area contributed by atoms with Gasteiger partial charge in [-0.05, 0) is 43.2 Å². The second-order valence-electron chi connectivity index (χ2n) is 6.00. The molecule has 1 atom stereocenters. The number of carbonyl (C=O) groups is 1. The van der Waals surface area contributed by atoms with E-state index in [1.165, 1.54) is 6.07 Å². The number of hydrogen-bond donors (Lipinski definition) is 0. The molecule has 0 amide bonds. The summed E-state index contributed by atoms with van der Waals surface area (Å²) in [4.78, 5) is 16.1. The van der Waals surface area contributed by atoms with Gasteiger partial charge in [0, 0.05) is 39.3 Å². The average molecular weight is 308 g/mol. The lowest BCUT2D eigenvalue weighted by molar-refractivity contribution is -0.119. The van der Waals surface area contributed by atoms with Crippen LogP contribution in [0.3, 0.4) is 0 Å². The van der Waals surface area contributed by atoms with E-state index in [2.05, 4.69) is 4.90 Å². The zero-order valence-electron chi connectivity index (χ0n) is 13.1. The van der Waals surface area contributed by atoms with Crippen LogP contribution in [0.25, 0.3) is 0 Å². The molecule has 1 unspecified atom stereocenters. The van der Waals surface area contributed by atoms with Gasteiger partial charge in [0.2, 0.25) is 0 Å². The van der Waals surface area contributed by atoms with Gasteiger partial charge in [-0.25, -0.2) is 8.78 Å². The lowest BCUT2D eigenvalue weighted by atomic mass is 9.93. The first-order valence-corrected chi connectivity index (χ1v) is 7.50. The molecule has 1 saturated heterocycles. The second-order valence-corrected chi connectivity index (χ2v) is 6.00. The molecule has 0 bridgehead atoms. The molecule has 0 saturated carbocycles. The molecule has 0 radical (unpaired) electrons. The highest BCUT2D eigenvalue weighted by Crippen LogP contribution is 2.20. The molecule has 0 aromatic heterocycles. The highest BCUT2D eigenvalue weighted by atomic mass is 19.2. The molecule has 120 valence electrons. The van der Waals surface area contributed by atoms with Gasteiger partial charge in [0.1, 0.15) is 0 Å². The topological polar surface area (TPSA) is 23.6 Å². The van der Waals surface area contributed by atoms with Crippen molar-refractivity contribution in [2.75, 3.05) is 27.2 Å². The highest BCUT2D eigenvalue weighted by molar-refractivity contribution is 5.91. The smallest absolute Gasteiger partial charge is 0.161 e. The number of ketones is 1. The van der Waals surface area contributed by atoms with Crippen LogP contribution in [0.5, 0.6) is 0 Å². The van der Waals surface area contributed by atoms with Crippen LogP contribution in [-0.4, -0.2) is 42.8 Å². The van der Waals surface area contributed by atoms with Crippen LogP contribution in [-0.2, 0) is 11.3 Å². The first-order valence-electron chi connectivity index (χ1n) is 7.50. The standard InChI is InChI=1S/C17H22F2N2O/c1-20(2)9-7-17(22)14-4-3-8-21(12-14)11-13-5-6-15(18)16(19)10-13/h5-7,9-10,14H,3-4,8,11-12H2,1-2H3/b9-7+. The maximum absolute atomic E-state index is 13.3. The van der Waals surface area contributed by atoms with Gasteiger partial charge in [-0.3, -0.25) is 9.69 Å². The zero-order chi connectivity index (χ0) is 16.1. The SMILES string of the molecule is CN(C)/C=C/C(=O)C1CCCN(Cc2ccc(F)c(F)c2)C1. The van der Waals surface area contributed by atoms with Gasteiger partial charge >= 0.3 is 0 Å². The number of benzene rings is 1. The van der Waals surface area contributed by atoms with Crippen LogP contribution in [0.2, 0.25) is 0 Å². The predicted octanol–water partition coefficient (Wildman–Crippen LogP) is 2.82. The van der Waals surface area contributed by atoms with Crippen LogP contribution >= 0.6 is 0 Å². The molecule has 1 heterocycles. The summed E-state index contributed by atoms with van der Waals surface area (Å²) in [7, 11) is 3.75. The summed E-state index contributed by atoms with van der Waals surface area (Å²) in [6, 6.07) is 3.97. The molecule has 0 N–H and O–H groups in total. The third-order valence-corrected chi connectivity index (χ3v) is 3.84. The van der Waals surface area contributed by atoms with E-state index < -0.39 is 11.6 Å². The summed E-state index contributed by atoms with van der Waals surface area (Å²) in [5.74, 6) is -1.54. The number of likely N-dealkylation sites (tertiary alicyclic amines) is 1. The summed E-state index contributed by atoms with van der Waals surface area (Å²) < 4.78 is 26.2. The molecule has 1 aliphatic rings. The maximum Gasteiger partial charge on any atom is 0.161 e. The maximum atomic E-state index is 13.3. The zero-order valence-corrected chi connectivity index (χ0v) is 13.1. The Labute approximate surface area is 130 Å². The van der Waals surface area contributed by atoms with Crippen LogP contribution < -0.4 is 0 Å². The largest absolute Gasteiger partial charge is 0.383 e. The number of rotatable bonds is 5. The van der Waals surface area contributed by atoms with Crippen LogP contribution in [0.4, 0.5) is 8.78 Å². The fraction of sp³-hybridized carbons (Fsp3) is 0.471. The van der Waals surface area contributed by atoms with Crippen molar-refractivity contribution in [3.05, 3.63) is 47.7 Å². The van der Waals surface area contributed by atoms with E-state index in [-0.39, 0.29) is 11.7 Å². The van der Waals surface area contributed by atoms with Gasteiger partial charge in [-0.1, -0.05) is 6.07 Å². The van der Waals surface area contributed by atoms with Crippen LogP contribution in [0.1, 0.15) is 18.4 Å². The monoisotopic (exact) mass is 308 g/mol. The summed E-state index contributed by atoms with van der Waals surface area (Å²) in [5.41, 5.74) is 0.732. The average Bonchev–Trinajstić information content (AvgIpc) is 2.49. The number of carbonyl (C=O) groups excluding carboxylic acids is 1. The number of piperidine rings is 1. The third kappa shape index (κ3) is 4.63. The molecule has 3 nitrogen and oxygen atoms in total. The van der Waals surface area contributed by atoms with Crippen LogP contribution in [0, 0.1) is 17.6 Å². The molecule has 0 spiro atoms. The van der Waals surface area contributed by atoms with Crippen molar-refractivity contribution in [1.29, 1.82) is 0 Å². The summed E-state index contributed by atoms with van der Waals surface area (Å²) in [6.45, 7) is 2.08. The Morgan fingerprint density at radius 2 is 2.14 bits per heavy atom. The highest BCUT2D eigenvalue weighted by Gasteiger charge is 2.24. The number of nitrogens with zero attached hydrogens (tertiary/aromatic N) is 2. The predicted molar refractivity (Wildman–Crippen MR) is 82.2 cm³/mol. The Morgan fingerprint density at radius 3 is 2.82 bits per heavy atom. The van der Waals surface area contributed by atoms with Crippen LogP contribution in [0.15, 0.2) is 30.5 Å². The minimum absolute atomic E-state index is 0.0183. The van der Waals surface area contributed by atoms with E-state index in [9.17, 15) is 13.6 Å². The third-order valence-electron chi connectivity index (χ3n) is 3.84. The molecular weight excluding hydrogens is 286 g/mol. The summed E-state index contributed by atoms with van der Waals surface area (Å²) in [6.07, 6.45) is 5.20. The van der Waals surface area contributed by atoms with Gasteiger partial charge in [0.15, 0.2) is 17.4 Å². The van der Waals surface area contributed by atoms with E-state index in [1.54, 1.807) is 18.3 Å². The molecule has 1 fully saturated rings. The van der Waals surface area contributed by atoms with E-state index in [4.69, 9.17) is 0 Å². The molecule has 5 heteroatoms. The molecule has 1 aromatic rings. The molecule has 1 aliphatic heterocycles. The number of hydrogen-bond acceptors (Lipinski definition) is 3. The summed E-state index contributed by atoms with van der Waals surface area (Å²) >= 11 is 0. The van der Waals surface area contributed by atoms with Crippen molar-refractivity contribution < 1.29 is 13.6 Å². The Bertz CT molecular complexity index is 558. The van der Waals surface area contributed by atoms with Crippen molar-refractivity contribution in [3.8, 4) is 0 Å². The van der Waals surface area contributed by atoms with Gasteiger partial charge < -0.3 is 4.90 Å². The van der Waals surface area contributed by atoms with E-state index >= 15 is 0 Å². The first kappa shape index (κ1) is 16.6. The van der Waals surface area contributed by atoms with E-state index in [1.807, 2.05) is 19.0 Å². The molecule has 22 heavy (non-hydrogen) atoms. The van der Waals surface area contributed by atoms with Crippen molar-refractivity contribution in [1.82, 2.24) is 9.80 Å². The lowest BCUT2D eigenvalue weighted by Crippen LogP contribution is -2.37. The van der Waals surface area contributed by atoms with Gasteiger partial charge in [0.25, 0.3) is 0 Å². The Morgan fingerprint density at radius 1 is 1.36 bits per heavy atom. The van der Waals surface area contributed by atoms with Crippen molar-refractivity contribution >= 4 is 5.78 Å². The van der Waals surface area contributed by atoms with E-state index in [0.717, 1.165) is 31.0 Å². The molecule has 2 rings (SSSR count). The second kappa shape index (κ2) is 7.49. The molecule has 0 aliphatic carbocycles. The minimum Gasteiger partial charge on any atom is -0.383 e. The van der Waals surface area contributed by atoms with Gasteiger partial charge in [0.05, 0.1) is 0 Å². The number of allylic oxidation sites excluding steroid dienone is 1. The fourth-order valence-electron chi connectivity index (χ4n) is 2.69. The fourth-order valence-corrected chi connectivity index (χ4v) is 2.69. The van der Waals surface area contributed by atoms with Crippen molar-refractivity contribution in [2.24, 2.45) is 5.92 Å². The Kier molecular flexibility index (Phi) is 5.66.